The van der Waals surface area contributed by atoms with Crippen molar-refractivity contribution < 1.29 is 13.2 Å². The van der Waals surface area contributed by atoms with Crippen molar-refractivity contribution in [3.8, 4) is 0 Å². The summed E-state index contributed by atoms with van der Waals surface area (Å²) in [5.74, 6) is -1.97. The Kier molecular flexibility index (Phi) is 7.84. The topological polar surface area (TPSA) is 0 Å². The predicted molar refractivity (Wildman–Crippen MR) is 135 cm³/mol. The summed E-state index contributed by atoms with van der Waals surface area (Å²) in [4.78, 5) is 0. The third-order valence-electron chi connectivity index (χ3n) is 6.33. The Labute approximate surface area is 199 Å². The minimum Gasteiger partial charge on any atom is -0.206 e. The van der Waals surface area contributed by atoms with Crippen molar-refractivity contribution >= 4 is 10.8 Å². The molecular formula is C31H29F3. The van der Waals surface area contributed by atoms with Crippen molar-refractivity contribution in [1.29, 1.82) is 0 Å². The molecule has 0 nitrogen and oxygen atoms in total. The first kappa shape index (κ1) is 23.8. The maximum atomic E-state index is 15.1. The Morgan fingerprint density at radius 2 is 1.21 bits per heavy atom. The monoisotopic (exact) mass is 458 g/mol. The summed E-state index contributed by atoms with van der Waals surface area (Å²) >= 11 is 0. The van der Waals surface area contributed by atoms with E-state index in [4.69, 9.17) is 0 Å². The molecule has 0 radical (unpaired) electrons. The molecule has 174 valence electrons. The van der Waals surface area contributed by atoms with E-state index in [1.54, 1.807) is 12.1 Å². The van der Waals surface area contributed by atoms with Gasteiger partial charge in [0.05, 0.1) is 0 Å². The van der Waals surface area contributed by atoms with E-state index in [1.807, 2.05) is 25.1 Å². The minimum atomic E-state index is -0.871. The SMILES string of the molecule is C/C=C/CCc1ccc(CCc2ccc3c(F)c(CCc4ccc(F)c(F)c4)ccc3c2)cc1. The van der Waals surface area contributed by atoms with E-state index in [1.165, 1.54) is 22.8 Å². The van der Waals surface area contributed by atoms with E-state index in [9.17, 15) is 8.78 Å². The van der Waals surface area contributed by atoms with E-state index >= 15 is 4.39 Å². The highest BCUT2D eigenvalue weighted by atomic mass is 19.2. The molecule has 0 aliphatic rings. The standard InChI is InChI=1S/C31H29F3/c1-2-3-4-5-22-6-8-23(9-7-22)10-11-24-13-18-28-27(20-24)17-16-26(31(28)34)15-12-25-14-19-29(32)30(33)21-25/h2-3,6-9,13-14,16-21H,4-5,10-12,15H2,1H3/b3-2+. The number of allylic oxidation sites excluding steroid dienone is 2. The second-order valence-electron chi connectivity index (χ2n) is 8.77. The smallest absolute Gasteiger partial charge is 0.159 e. The first-order chi connectivity index (χ1) is 16.5. The maximum absolute atomic E-state index is 15.1. The molecule has 0 spiro atoms. The van der Waals surface area contributed by atoms with Crippen LogP contribution in [0.2, 0.25) is 0 Å². The molecule has 0 atom stereocenters. The maximum Gasteiger partial charge on any atom is 0.159 e. The molecule has 4 rings (SSSR count). The van der Waals surface area contributed by atoms with Crippen LogP contribution in [0.25, 0.3) is 10.8 Å². The van der Waals surface area contributed by atoms with Crippen LogP contribution in [0.5, 0.6) is 0 Å². The summed E-state index contributed by atoms with van der Waals surface area (Å²) in [5.41, 5.74) is 5.06. The van der Waals surface area contributed by atoms with Crippen LogP contribution >= 0.6 is 0 Å². The minimum absolute atomic E-state index is 0.236. The fraction of sp³-hybridized carbons (Fsp3) is 0.226. The lowest BCUT2D eigenvalue weighted by Gasteiger charge is -2.09. The highest BCUT2D eigenvalue weighted by Crippen LogP contribution is 2.24. The predicted octanol–water partition coefficient (Wildman–Crippen LogP) is 8.34. The molecule has 0 aromatic heterocycles. The van der Waals surface area contributed by atoms with Gasteiger partial charge >= 0.3 is 0 Å². The molecule has 0 saturated heterocycles. The van der Waals surface area contributed by atoms with E-state index in [0.29, 0.717) is 29.4 Å². The lowest BCUT2D eigenvalue weighted by atomic mass is 9.97. The second kappa shape index (κ2) is 11.2. The number of benzene rings is 4. The Balaban J connectivity index is 1.39. The third kappa shape index (κ3) is 5.96. The van der Waals surface area contributed by atoms with Crippen molar-refractivity contribution in [3.63, 3.8) is 0 Å². The van der Waals surface area contributed by atoms with Gasteiger partial charge in [0.15, 0.2) is 11.6 Å². The zero-order valence-electron chi connectivity index (χ0n) is 19.5. The number of halogens is 3. The number of hydrogen-bond acceptors (Lipinski definition) is 0. The van der Waals surface area contributed by atoms with Crippen LogP contribution in [0.3, 0.4) is 0 Å². The number of aryl methyl sites for hydroxylation is 5. The fourth-order valence-corrected chi connectivity index (χ4v) is 4.29. The quantitative estimate of drug-likeness (QED) is 0.221. The molecule has 0 aliphatic heterocycles. The van der Waals surface area contributed by atoms with Gasteiger partial charge in [-0.25, -0.2) is 13.2 Å². The van der Waals surface area contributed by atoms with Gasteiger partial charge in [-0.3, -0.25) is 0 Å². The first-order valence-electron chi connectivity index (χ1n) is 11.9. The van der Waals surface area contributed by atoms with Gasteiger partial charge in [0.2, 0.25) is 0 Å². The number of hydrogen-bond donors (Lipinski definition) is 0. The Bertz CT molecular complexity index is 1290. The van der Waals surface area contributed by atoms with Gasteiger partial charge in [0, 0.05) is 5.39 Å². The highest BCUT2D eigenvalue weighted by molar-refractivity contribution is 5.84. The van der Waals surface area contributed by atoms with Crippen molar-refractivity contribution in [2.24, 2.45) is 0 Å². The Hall–Kier alpha value is -3.33. The van der Waals surface area contributed by atoms with Crippen LogP contribution in [0.1, 0.15) is 41.2 Å². The molecule has 0 aliphatic carbocycles. The normalized spacial score (nSPS) is 11.5. The van der Waals surface area contributed by atoms with Crippen LogP contribution in [0.4, 0.5) is 13.2 Å². The van der Waals surface area contributed by atoms with Crippen LogP contribution in [0, 0.1) is 17.5 Å². The molecule has 0 heterocycles. The number of rotatable bonds is 9. The average Bonchev–Trinajstić information content (AvgIpc) is 2.85. The molecule has 0 fully saturated rings. The van der Waals surface area contributed by atoms with Crippen LogP contribution in [-0.2, 0) is 32.1 Å². The molecule has 4 aromatic carbocycles. The van der Waals surface area contributed by atoms with Gasteiger partial charge in [-0.05, 0) is 90.8 Å². The van der Waals surface area contributed by atoms with Gasteiger partial charge in [-0.2, -0.15) is 0 Å². The van der Waals surface area contributed by atoms with E-state index in [-0.39, 0.29) is 5.82 Å². The zero-order chi connectivity index (χ0) is 23.9. The largest absolute Gasteiger partial charge is 0.206 e. The van der Waals surface area contributed by atoms with Crippen LogP contribution in [-0.4, -0.2) is 0 Å². The molecule has 0 amide bonds. The number of fused-ring (bicyclic) bond motifs is 1. The van der Waals surface area contributed by atoms with Gasteiger partial charge in [0.1, 0.15) is 5.82 Å². The van der Waals surface area contributed by atoms with Crippen LogP contribution in [0.15, 0.2) is 84.9 Å². The molecule has 0 unspecified atom stereocenters. The zero-order valence-corrected chi connectivity index (χ0v) is 19.5. The van der Waals surface area contributed by atoms with Crippen molar-refractivity contribution in [1.82, 2.24) is 0 Å². The summed E-state index contributed by atoms with van der Waals surface area (Å²) in [6.45, 7) is 2.04. The summed E-state index contributed by atoms with van der Waals surface area (Å²) in [5, 5.41) is 1.47. The summed E-state index contributed by atoms with van der Waals surface area (Å²) in [7, 11) is 0. The fourth-order valence-electron chi connectivity index (χ4n) is 4.29. The lowest BCUT2D eigenvalue weighted by Crippen LogP contribution is -1.98. The second-order valence-corrected chi connectivity index (χ2v) is 8.77. The molecule has 0 bridgehead atoms. The van der Waals surface area contributed by atoms with Crippen molar-refractivity contribution in [2.75, 3.05) is 0 Å². The molecule has 34 heavy (non-hydrogen) atoms. The van der Waals surface area contributed by atoms with E-state index in [0.717, 1.165) is 37.1 Å². The summed E-state index contributed by atoms with van der Waals surface area (Å²) < 4.78 is 41.6. The van der Waals surface area contributed by atoms with Crippen LogP contribution < -0.4 is 0 Å². The van der Waals surface area contributed by atoms with Crippen molar-refractivity contribution in [3.05, 3.63) is 130 Å². The lowest BCUT2D eigenvalue weighted by molar-refractivity contribution is 0.507. The molecule has 0 saturated carbocycles. The molecule has 4 aromatic rings. The van der Waals surface area contributed by atoms with Gasteiger partial charge in [-0.1, -0.05) is 72.8 Å². The summed E-state index contributed by atoms with van der Waals surface area (Å²) in [6, 6.07) is 22.3. The molecular weight excluding hydrogens is 429 g/mol. The van der Waals surface area contributed by atoms with E-state index in [2.05, 4.69) is 42.5 Å². The Morgan fingerprint density at radius 1 is 0.588 bits per heavy atom. The van der Waals surface area contributed by atoms with Gasteiger partial charge in [0.25, 0.3) is 0 Å². The third-order valence-corrected chi connectivity index (χ3v) is 6.33. The highest BCUT2D eigenvalue weighted by Gasteiger charge is 2.10. The summed E-state index contributed by atoms with van der Waals surface area (Å²) in [6.07, 6.45) is 9.11. The van der Waals surface area contributed by atoms with Gasteiger partial charge in [-0.15, -0.1) is 0 Å². The van der Waals surface area contributed by atoms with Crippen molar-refractivity contribution in [2.45, 2.75) is 45.4 Å². The first-order valence-corrected chi connectivity index (χ1v) is 11.9. The molecule has 3 heteroatoms. The molecule has 0 N–H and O–H groups in total. The Morgan fingerprint density at radius 3 is 1.94 bits per heavy atom. The van der Waals surface area contributed by atoms with Gasteiger partial charge < -0.3 is 0 Å². The van der Waals surface area contributed by atoms with E-state index < -0.39 is 11.6 Å². The average molecular weight is 459 g/mol.